The molecule has 0 unspecified atom stereocenters. The minimum absolute atomic E-state index is 0.0459. The van der Waals surface area contributed by atoms with Gasteiger partial charge in [0.05, 0.1) is 38.5 Å². The van der Waals surface area contributed by atoms with Crippen molar-refractivity contribution in [2.45, 2.75) is 44.7 Å². The lowest BCUT2D eigenvalue weighted by Gasteiger charge is -2.32. The van der Waals surface area contributed by atoms with Crippen LogP contribution in [0.2, 0.25) is 0 Å². The molecule has 3 aromatic rings. The second kappa shape index (κ2) is 15.9. The standard InChI is InChI=1S/C32H41N3O8S/c1-7-18-33-32(37)23(3)34(21-24-10-9-11-27(19-24)40-4)31(36)22-35(25-12-14-26(15-13-25)43-8-2)44(38,39)28-16-17-29(41-5)30(20-28)42-6/h9-17,19-20,23H,7-8,18,21-22H2,1-6H3,(H,33,37)/t23-/m1/s1. The highest BCUT2D eigenvalue weighted by Crippen LogP contribution is 2.33. The molecule has 44 heavy (non-hydrogen) atoms. The summed E-state index contributed by atoms with van der Waals surface area (Å²) in [5.41, 5.74) is 0.948. The molecule has 0 radical (unpaired) electrons. The number of hydrogen-bond donors (Lipinski definition) is 1. The van der Waals surface area contributed by atoms with Gasteiger partial charge in [-0.15, -0.1) is 0 Å². The summed E-state index contributed by atoms with van der Waals surface area (Å²) >= 11 is 0. The average Bonchev–Trinajstić information content (AvgIpc) is 3.04. The molecule has 0 bridgehead atoms. The van der Waals surface area contributed by atoms with Gasteiger partial charge in [0.15, 0.2) is 11.5 Å². The number of ether oxygens (including phenoxy) is 4. The molecule has 2 amide bonds. The quantitative estimate of drug-likeness (QED) is 0.250. The van der Waals surface area contributed by atoms with E-state index in [0.29, 0.717) is 36.0 Å². The number of nitrogens with zero attached hydrogens (tertiary/aromatic N) is 2. The van der Waals surface area contributed by atoms with Crippen LogP contribution in [0.1, 0.15) is 32.8 Å². The van der Waals surface area contributed by atoms with Crippen molar-refractivity contribution >= 4 is 27.5 Å². The summed E-state index contributed by atoms with van der Waals surface area (Å²) in [5.74, 6) is 0.777. The lowest BCUT2D eigenvalue weighted by Crippen LogP contribution is -2.51. The van der Waals surface area contributed by atoms with Crippen molar-refractivity contribution in [2.75, 3.05) is 45.3 Å². The fourth-order valence-electron chi connectivity index (χ4n) is 4.45. The van der Waals surface area contributed by atoms with Gasteiger partial charge in [0.25, 0.3) is 10.0 Å². The third-order valence-electron chi connectivity index (χ3n) is 6.86. The van der Waals surface area contributed by atoms with Gasteiger partial charge in [-0.05, 0) is 74.4 Å². The SMILES string of the molecule is CCCNC(=O)[C@@H](C)N(Cc1cccc(OC)c1)C(=O)CN(c1ccc(OCC)cc1)S(=O)(=O)c1ccc(OC)c(OC)c1. The molecule has 238 valence electrons. The van der Waals surface area contributed by atoms with Gasteiger partial charge in [0, 0.05) is 19.2 Å². The Hall–Kier alpha value is -4.45. The van der Waals surface area contributed by atoms with Crippen LogP contribution in [0, 0.1) is 0 Å². The van der Waals surface area contributed by atoms with Crippen molar-refractivity contribution in [3.63, 3.8) is 0 Å². The van der Waals surface area contributed by atoms with Crippen LogP contribution in [0.5, 0.6) is 23.0 Å². The number of sulfonamides is 1. The van der Waals surface area contributed by atoms with Gasteiger partial charge in [-0.25, -0.2) is 8.42 Å². The van der Waals surface area contributed by atoms with Crippen molar-refractivity contribution in [2.24, 2.45) is 0 Å². The number of benzene rings is 3. The highest BCUT2D eigenvalue weighted by molar-refractivity contribution is 7.92. The first kappa shape index (κ1) is 34.0. The van der Waals surface area contributed by atoms with Crippen molar-refractivity contribution < 1.29 is 37.0 Å². The first-order valence-electron chi connectivity index (χ1n) is 14.3. The third kappa shape index (κ3) is 8.34. The monoisotopic (exact) mass is 627 g/mol. The maximum atomic E-state index is 14.2. The van der Waals surface area contributed by atoms with Gasteiger partial charge in [0.1, 0.15) is 24.1 Å². The normalized spacial score (nSPS) is 11.7. The number of carbonyl (C=O) groups is 2. The molecule has 3 aromatic carbocycles. The summed E-state index contributed by atoms with van der Waals surface area (Å²) in [5, 5.41) is 2.83. The fourth-order valence-corrected chi connectivity index (χ4v) is 5.88. The second-order valence-electron chi connectivity index (χ2n) is 9.80. The zero-order valence-corrected chi connectivity index (χ0v) is 26.8. The molecule has 12 heteroatoms. The average molecular weight is 628 g/mol. The first-order chi connectivity index (χ1) is 21.1. The van der Waals surface area contributed by atoms with Crippen molar-refractivity contribution in [1.82, 2.24) is 10.2 Å². The topological polar surface area (TPSA) is 124 Å². The minimum atomic E-state index is -4.32. The van der Waals surface area contributed by atoms with E-state index in [0.717, 1.165) is 10.7 Å². The lowest BCUT2D eigenvalue weighted by molar-refractivity contribution is -0.139. The van der Waals surface area contributed by atoms with Crippen LogP contribution in [0.4, 0.5) is 5.69 Å². The minimum Gasteiger partial charge on any atom is -0.497 e. The van der Waals surface area contributed by atoms with Crippen LogP contribution in [0.25, 0.3) is 0 Å². The van der Waals surface area contributed by atoms with E-state index in [9.17, 15) is 18.0 Å². The van der Waals surface area contributed by atoms with E-state index in [1.165, 1.54) is 44.4 Å². The molecule has 0 aromatic heterocycles. The van der Waals surface area contributed by atoms with E-state index in [4.69, 9.17) is 18.9 Å². The number of hydrogen-bond acceptors (Lipinski definition) is 8. The molecule has 0 aliphatic carbocycles. The fraction of sp³-hybridized carbons (Fsp3) is 0.375. The first-order valence-corrected chi connectivity index (χ1v) is 15.7. The van der Waals surface area contributed by atoms with E-state index in [1.807, 2.05) is 19.9 Å². The number of amides is 2. The predicted octanol–water partition coefficient (Wildman–Crippen LogP) is 4.25. The Balaban J connectivity index is 2.08. The summed E-state index contributed by atoms with van der Waals surface area (Å²) < 4.78 is 50.9. The Morgan fingerprint density at radius 3 is 2.18 bits per heavy atom. The number of anilines is 1. The summed E-state index contributed by atoms with van der Waals surface area (Å²) in [7, 11) is 0.0744. The number of carbonyl (C=O) groups excluding carboxylic acids is 2. The Kier molecular flexibility index (Phi) is 12.3. The zero-order valence-electron chi connectivity index (χ0n) is 26.0. The molecule has 0 saturated heterocycles. The highest BCUT2D eigenvalue weighted by Gasteiger charge is 2.33. The Morgan fingerprint density at radius 1 is 0.864 bits per heavy atom. The largest absolute Gasteiger partial charge is 0.497 e. The van der Waals surface area contributed by atoms with E-state index < -0.39 is 28.5 Å². The smallest absolute Gasteiger partial charge is 0.264 e. The molecule has 0 aliphatic heterocycles. The molecule has 1 atom stereocenters. The van der Waals surface area contributed by atoms with Gasteiger partial charge in [-0.2, -0.15) is 0 Å². The van der Waals surface area contributed by atoms with Gasteiger partial charge in [-0.3, -0.25) is 13.9 Å². The predicted molar refractivity (Wildman–Crippen MR) is 168 cm³/mol. The van der Waals surface area contributed by atoms with Crippen LogP contribution in [0.3, 0.4) is 0 Å². The van der Waals surface area contributed by atoms with Gasteiger partial charge >= 0.3 is 0 Å². The van der Waals surface area contributed by atoms with Crippen LogP contribution in [0.15, 0.2) is 71.6 Å². The third-order valence-corrected chi connectivity index (χ3v) is 8.63. The second-order valence-corrected chi connectivity index (χ2v) is 11.7. The summed E-state index contributed by atoms with van der Waals surface area (Å²) in [6.07, 6.45) is 0.720. The molecular formula is C32H41N3O8S. The summed E-state index contributed by atoms with van der Waals surface area (Å²) in [4.78, 5) is 28.4. The highest BCUT2D eigenvalue weighted by atomic mass is 32.2. The van der Waals surface area contributed by atoms with E-state index >= 15 is 0 Å². The molecule has 0 fully saturated rings. The number of methoxy groups -OCH3 is 3. The van der Waals surface area contributed by atoms with Crippen molar-refractivity contribution in [1.29, 1.82) is 0 Å². The van der Waals surface area contributed by atoms with Crippen molar-refractivity contribution in [3.8, 4) is 23.0 Å². The number of nitrogens with one attached hydrogen (secondary N) is 1. The molecule has 3 rings (SSSR count). The molecule has 0 saturated carbocycles. The molecular weight excluding hydrogens is 586 g/mol. The van der Waals surface area contributed by atoms with E-state index in [2.05, 4.69) is 5.32 Å². The van der Waals surface area contributed by atoms with Gasteiger partial charge in [0.2, 0.25) is 11.8 Å². The Bertz CT molecular complexity index is 1510. The summed E-state index contributed by atoms with van der Waals surface area (Å²) in [6, 6.07) is 16.9. The maximum absolute atomic E-state index is 14.2. The molecule has 1 N–H and O–H groups in total. The maximum Gasteiger partial charge on any atom is 0.264 e. The zero-order chi connectivity index (χ0) is 32.3. The van der Waals surface area contributed by atoms with Crippen LogP contribution < -0.4 is 28.6 Å². The molecule has 11 nitrogen and oxygen atoms in total. The van der Waals surface area contributed by atoms with Crippen LogP contribution in [-0.4, -0.2) is 72.2 Å². The van der Waals surface area contributed by atoms with E-state index in [-0.39, 0.29) is 28.8 Å². The Labute approximate surface area is 259 Å². The van der Waals surface area contributed by atoms with Gasteiger partial charge in [-0.1, -0.05) is 19.1 Å². The van der Waals surface area contributed by atoms with E-state index in [1.54, 1.807) is 49.4 Å². The van der Waals surface area contributed by atoms with Crippen molar-refractivity contribution in [3.05, 3.63) is 72.3 Å². The molecule has 0 spiro atoms. The molecule has 0 aliphatic rings. The van der Waals surface area contributed by atoms with Crippen LogP contribution in [-0.2, 0) is 26.2 Å². The Morgan fingerprint density at radius 2 is 1.57 bits per heavy atom. The van der Waals surface area contributed by atoms with Gasteiger partial charge < -0.3 is 29.2 Å². The summed E-state index contributed by atoms with van der Waals surface area (Å²) in [6.45, 7) is 5.73. The van der Waals surface area contributed by atoms with Crippen LogP contribution >= 0.6 is 0 Å². The number of rotatable bonds is 16. The lowest BCUT2D eigenvalue weighted by atomic mass is 10.1. The molecule has 0 heterocycles.